The van der Waals surface area contributed by atoms with E-state index < -0.39 is 15.9 Å². The van der Waals surface area contributed by atoms with E-state index in [0.29, 0.717) is 16.8 Å². The van der Waals surface area contributed by atoms with Crippen LogP contribution in [0.2, 0.25) is 0 Å². The van der Waals surface area contributed by atoms with Crippen LogP contribution in [0.3, 0.4) is 0 Å². The molecule has 0 unspecified atom stereocenters. The molecule has 9 heteroatoms. The Hall–Kier alpha value is -2.91. The summed E-state index contributed by atoms with van der Waals surface area (Å²) < 4.78 is 24.4. The highest BCUT2D eigenvalue weighted by atomic mass is 32.2. The minimum absolute atomic E-state index is 0.0429. The number of anilines is 1. The summed E-state index contributed by atoms with van der Waals surface area (Å²) in [4.78, 5) is 11.8. The molecule has 1 aromatic carbocycles. The highest BCUT2D eigenvalue weighted by molar-refractivity contribution is 7.89. The monoisotopic (exact) mass is 373 g/mol. The first-order valence-corrected chi connectivity index (χ1v) is 9.42. The zero-order chi connectivity index (χ0) is 19.1. The molecule has 2 aromatic heterocycles. The van der Waals surface area contributed by atoms with Gasteiger partial charge >= 0.3 is 0 Å². The van der Waals surface area contributed by atoms with Crippen LogP contribution in [-0.4, -0.2) is 30.0 Å². The number of sulfonamides is 1. The number of fused-ring (bicyclic) bond motifs is 1. The van der Waals surface area contributed by atoms with Gasteiger partial charge in [0.2, 0.25) is 10.0 Å². The van der Waals surface area contributed by atoms with Gasteiger partial charge < -0.3 is 11.1 Å². The van der Waals surface area contributed by atoms with Gasteiger partial charge in [0.05, 0.1) is 27.9 Å². The number of benzene rings is 1. The van der Waals surface area contributed by atoms with E-state index in [-0.39, 0.29) is 10.9 Å². The molecule has 0 aliphatic carbocycles. The van der Waals surface area contributed by atoms with Crippen LogP contribution in [0.1, 0.15) is 24.2 Å². The van der Waals surface area contributed by atoms with Crippen molar-refractivity contribution in [2.75, 3.05) is 5.32 Å². The molecule has 2 heterocycles. The second kappa shape index (κ2) is 6.43. The summed E-state index contributed by atoms with van der Waals surface area (Å²) in [7, 11) is -3.74. The van der Waals surface area contributed by atoms with Gasteiger partial charge in [-0.05, 0) is 37.6 Å². The molecule has 3 rings (SSSR count). The number of rotatable bonds is 5. The molecule has 0 saturated carbocycles. The van der Waals surface area contributed by atoms with Crippen molar-refractivity contribution in [3.63, 3.8) is 0 Å². The molecule has 3 aromatic rings. The third-order valence-electron chi connectivity index (χ3n) is 3.85. The highest BCUT2D eigenvalue weighted by Gasteiger charge is 2.16. The number of nitrogens with zero attached hydrogens (tertiary/aromatic N) is 2. The van der Waals surface area contributed by atoms with E-state index in [1.54, 1.807) is 22.8 Å². The Bertz CT molecular complexity index is 1090. The maximum Gasteiger partial charge on any atom is 0.252 e. The van der Waals surface area contributed by atoms with E-state index in [0.717, 1.165) is 11.1 Å². The lowest BCUT2D eigenvalue weighted by molar-refractivity contribution is 0.100. The molecular formula is C17H19N5O3S. The first kappa shape index (κ1) is 17.9. The Morgan fingerprint density at radius 1 is 1.19 bits per heavy atom. The highest BCUT2D eigenvalue weighted by Crippen LogP contribution is 2.29. The standard InChI is InChI=1S/C17H19N5O3S/c1-10(2)21-16-14(17(18)23)8-20-22-9-12(7-15(16)22)11-3-5-13(6-4-11)26(19,24)25/h3-10,21H,1-2H3,(H2,18,23)(H2,19,24,25). The molecule has 0 aliphatic heterocycles. The molecule has 0 atom stereocenters. The molecule has 0 bridgehead atoms. The maximum absolute atomic E-state index is 11.7. The SMILES string of the molecule is CC(C)Nc1c(C(N)=O)cnn2cc(-c3ccc(S(N)(=O)=O)cc3)cc12. The minimum Gasteiger partial charge on any atom is -0.380 e. The Labute approximate surface area is 150 Å². The second-order valence-electron chi connectivity index (χ2n) is 6.22. The Morgan fingerprint density at radius 2 is 1.85 bits per heavy atom. The third-order valence-corrected chi connectivity index (χ3v) is 4.78. The zero-order valence-electron chi connectivity index (χ0n) is 14.3. The summed E-state index contributed by atoms with van der Waals surface area (Å²) in [5.41, 5.74) is 8.67. The number of primary sulfonamides is 1. The Morgan fingerprint density at radius 3 is 2.38 bits per heavy atom. The number of primary amides is 1. The molecular weight excluding hydrogens is 354 g/mol. The zero-order valence-corrected chi connectivity index (χ0v) is 15.1. The Balaban J connectivity index is 2.13. The van der Waals surface area contributed by atoms with E-state index in [1.807, 2.05) is 19.9 Å². The van der Waals surface area contributed by atoms with Gasteiger partial charge in [0.15, 0.2) is 0 Å². The number of carbonyl (C=O) groups excluding carboxylic acids is 1. The molecule has 0 aliphatic rings. The van der Waals surface area contributed by atoms with E-state index >= 15 is 0 Å². The number of nitrogens with two attached hydrogens (primary N) is 2. The fourth-order valence-electron chi connectivity index (χ4n) is 2.68. The molecule has 26 heavy (non-hydrogen) atoms. The molecule has 136 valence electrons. The molecule has 0 spiro atoms. The van der Waals surface area contributed by atoms with E-state index in [2.05, 4.69) is 10.4 Å². The van der Waals surface area contributed by atoms with Gasteiger partial charge in [-0.1, -0.05) is 12.1 Å². The lowest BCUT2D eigenvalue weighted by Gasteiger charge is -2.14. The largest absolute Gasteiger partial charge is 0.380 e. The van der Waals surface area contributed by atoms with E-state index in [9.17, 15) is 13.2 Å². The van der Waals surface area contributed by atoms with Crippen molar-refractivity contribution in [2.24, 2.45) is 10.9 Å². The van der Waals surface area contributed by atoms with Crippen molar-refractivity contribution in [3.05, 3.63) is 48.3 Å². The molecule has 0 saturated heterocycles. The van der Waals surface area contributed by atoms with Crippen LogP contribution in [0.25, 0.3) is 16.6 Å². The van der Waals surface area contributed by atoms with Crippen molar-refractivity contribution in [3.8, 4) is 11.1 Å². The van der Waals surface area contributed by atoms with Gasteiger partial charge in [-0.2, -0.15) is 5.10 Å². The van der Waals surface area contributed by atoms with Crippen LogP contribution in [0, 0.1) is 0 Å². The van der Waals surface area contributed by atoms with Crippen LogP contribution >= 0.6 is 0 Å². The van der Waals surface area contributed by atoms with Crippen LogP contribution in [0.5, 0.6) is 0 Å². The van der Waals surface area contributed by atoms with Crippen LogP contribution in [0.15, 0.2) is 47.6 Å². The number of carbonyl (C=O) groups is 1. The van der Waals surface area contributed by atoms with Crippen molar-refractivity contribution in [1.82, 2.24) is 9.61 Å². The summed E-state index contributed by atoms with van der Waals surface area (Å²) in [5, 5.41) is 12.6. The Kier molecular flexibility index (Phi) is 4.43. The van der Waals surface area contributed by atoms with Crippen molar-refractivity contribution in [1.29, 1.82) is 0 Å². The van der Waals surface area contributed by atoms with Gasteiger partial charge in [-0.15, -0.1) is 0 Å². The number of aromatic nitrogens is 2. The van der Waals surface area contributed by atoms with Gasteiger partial charge in [0, 0.05) is 17.8 Å². The molecule has 0 fully saturated rings. The summed E-state index contributed by atoms with van der Waals surface area (Å²) >= 11 is 0. The lowest BCUT2D eigenvalue weighted by atomic mass is 10.1. The normalized spacial score (nSPS) is 11.8. The summed E-state index contributed by atoms with van der Waals surface area (Å²) in [6, 6.07) is 8.17. The molecule has 1 amide bonds. The number of amides is 1. The molecule has 0 radical (unpaired) electrons. The molecule has 8 nitrogen and oxygen atoms in total. The van der Waals surface area contributed by atoms with Crippen LogP contribution in [-0.2, 0) is 10.0 Å². The van der Waals surface area contributed by atoms with Crippen LogP contribution in [0.4, 0.5) is 5.69 Å². The first-order chi connectivity index (χ1) is 12.2. The fourth-order valence-corrected chi connectivity index (χ4v) is 3.19. The average Bonchev–Trinajstić information content (AvgIpc) is 2.98. The predicted molar refractivity (Wildman–Crippen MR) is 99.3 cm³/mol. The van der Waals surface area contributed by atoms with Gasteiger partial charge in [-0.25, -0.2) is 18.1 Å². The topological polar surface area (TPSA) is 133 Å². The van der Waals surface area contributed by atoms with Gasteiger partial charge in [-0.3, -0.25) is 4.79 Å². The summed E-state index contributed by atoms with van der Waals surface area (Å²) in [6.45, 7) is 3.91. The molecule has 5 N–H and O–H groups in total. The van der Waals surface area contributed by atoms with Crippen LogP contribution < -0.4 is 16.2 Å². The minimum atomic E-state index is -3.74. The van der Waals surface area contributed by atoms with Crippen molar-refractivity contribution < 1.29 is 13.2 Å². The third kappa shape index (κ3) is 3.39. The van der Waals surface area contributed by atoms with Gasteiger partial charge in [0.25, 0.3) is 5.91 Å². The lowest BCUT2D eigenvalue weighted by Crippen LogP contribution is -2.19. The predicted octanol–water partition coefficient (Wildman–Crippen LogP) is 1.57. The summed E-state index contributed by atoms with van der Waals surface area (Å²) in [6.07, 6.45) is 3.21. The second-order valence-corrected chi connectivity index (χ2v) is 7.79. The number of hydrogen-bond donors (Lipinski definition) is 3. The number of hydrogen-bond acceptors (Lipinski definition) is 5. The van der Waals surface area contributed by atoms with E-state index in [1.165, 1.54) is 18.3 Å². The smallest absolute Gasteiger partial charge is 0.252 e. The maximum atomic E-state index is 11.7. The van der Waals surface area contributed by atoms with Crippen molar-refractivity contribution in [2.45, 2.75) is 24.8 Å². The average molecular weight is 373 g/mol. The fraction of sp³-hybridized carbons (Fsp3) is 0.176. The van der Waals surface area contributed by atoms with E-state index in [4.69, 9.17) is 10.9 Å². The van der Waals surface area contributed by atoms with Gasteiger partial charge in [0.1, 0.15) is 0 Å². The quantitative estimate of drug-likeness (QED) is 0.624. The van der Waals surface area contributed by atoms with Crippen molar-refractivity contribution >= 4 is 27.1 Å². The number of nitrogens with one attached hydrogen (secondary N) is 1. The summed E-state index contributed by atoms with van der Waals surface area (Å²) in [5.74, 6) is -0.566. The first-order valence-electron chi connectivity index (χ1n) is 7.88.